The van der Waals surface area contributed by atoms with Crippen molar-refractivity contribution in [2.75, 3.05) is 17.2 Å². The van der Waals surface area contributed by atoms with Crippen LogP contribution in [0.4, 0.5) is 11.4 Å². The Bertz CT molecular complexity index is 284. The Morgan fingerprint density at radius 2 is 2.17 bits per heavy atom. The van der Waals surface area contributed by atoms with Gasteiger partial charge in [-0.25, -0.2) is 0 Å². The Hall–Kier alpha value is -1.09. The van der Waals surface area contributed by atoms with Crippen molar-refractivity contribution in [1.82, 2.24) is 0 Å². The highest BCUT2D eigenvalue weighted by molar-refractivity contribution is 7.99. The monoisotopic (exact) mass is 180 g/mol. The van der Waals surface area contributed by atoms with Gasteiger partial charge in [-0.1, -0.05) is 12.1 Å². The molecule has 0 bridgehead atoms. The zero-order valence-electron chi connectivity index (χ0n) is 6.79. The molecule has 0 fully saturated rings. The first kappa shape index (κ1) is 9.00. The van der Waals surface area contributed by atoms with Crippen molar-refractivity contribution in [3.05, 3.63) is 30.9 Å². The molecule has 0 aliphatic rings. The number of para-hydroxylation sites is 1. The zero-order valence-corrected chi connectivity index (χ0v) is 7.60. The van der Waals surface area contributed by atoms with Crippen molar-refractivity contribution in [3.8, 4) is 0 Å². The molecular formula is C9H12N2S. The van der Waals surface area contributed by atoms with E-state index in [0.29, 0.717) is 11.4 Å². The maximum absolute atomic E-state index is 5.74. The minimum Gasteiger partial charge on any atom is -0.397 e. The molecule has 0 radical (unpaired) electrons. The number of hydrogen-bond donors (Lipinski definition) is 2. The molecule has 0 saturated carbocycles. The Balaban J connectivity index is 2.84. The predicted molar refractivity (Wildman–Crippen MR) is 56.2 cm³/mol. The summed E-state index contributed by atoms with van der Waals surface area (Å²) in [6.07, 6.45) is 1.84. The van der Waals surface area contributed by atoms with Crippen molar-refractivity contribution in [2.24, 2.45) is 0 Å². The summed E-state index contributed by atoms with van der Waals surface area (Å²) in [5, 5.41) is 0. The summed E-state index contributed by atoms with van der Waals surface area (Å²) in [4.78, 5) is 1.02. The van der Waals surface area contributed by atoms with Crippen LogP contribution in [0.25, 0.3) is 0 Å². The van der Waals surface area contributed by atoms with E-state index < -0.39 is 0 Å². The lowest BCUT2D eigenvalue weighted by Crippen LogP contribution is -1.95. The van der Waals surface area contributed by atoms with Gasteiger partial charge >= 0.3 is 0 Å². The summed E-state index contributed by atoms with van der Waals surface area (Å²) in [6.45, 7) is 3.63. The smallest absolute Gasteiger partial charge is 0.0685 e. The maximum atomic E-state index is 5.74. The summed E-state index contributed by atoms with van der Waals surface area (Å²) in [5.41, 5.74) is 12.7. The number of hydrogen-bond acceptors (Lipinski definition) is 3. The van der Waals surface area contributed by atoms with E-state index in [4.69, 9.17) is 11.5 Å². The number of thioether (sulfide) groups is 1. The van der Waals surface area contributed by atoms with E-state index >= 15 is 0 Å². The van der Waals surface area contributed by atoms with Gasteiger partial charge in [0.25, 0.3) is 0 Å². The third-order valence-electron chi connectivity index (χ3n) is 1.46. The second kappa shape index (κ2) is 4.07. The Morgan fingerprint density at radius 1 is 1.42 bits per heavy atom. The number of rotatable bonds is 3. The second-order valence-corrected chi connectivity index (χ2v) is 3.42. The lowest BCUT2D eigenvalue weighted by molar-refractivity contribution is 1.46. The molecule has 0 aliphatic carbocycles. The lowest BCUT2D eigenvalue weighted by atomic mass is 10.3. The molecule has 1 rings (SSSR count). The van der Waals surface area contributed by atoms with Crippen LogP contribution in [0.3, 0.4) is 0 Å². The van der Waals surface area contributed by atoms with Crippen LogP contribution < -0.4 is 11.5 Å². The largest absolute Gasteiger partial charge is 0.397 e. The SMILES string of the molecule is C=CCSc1cccc(N)c1N. The summed E-state index contributed by atoms with van der Waals surface area (Å²) < 4.78 is 0. The molecular weight excluding hydrogens is 168 g/mol. The molecule has 0 amide bonds. The quantitative estimate of drug-likeness (QED) is 0.425. The van der Waals surface area contributed by atoms with Crippen LogP contribution in [0.15, 0.2) is 35.7 Å². The fourth-order valence-electron chi connectivity index (χ4n) is 0.836. The third-order valence-corrected chi connectivity index (χ3v) is 2.53. The normalized spacial score (nSPS) is 9.67. The maximum Gasteiger partial charge on any atom is 0.0685 e. The minimum atomic E-state index is 0.643. The van der Waals surface area contributed by atoms with E-state index in [9.17, 15) is 0 Å². The van der Waals surface area contributed by atoms with Crippen molar-refractivity contribution in [2.45, 2.75) is 4.90 Å². The minimum absolute atomic E-state index is 0.643. The molecule has 2 nitrogen and oxygen atoms in total. The molecule has 0 unspecified atom stereocenters. The fraction of sp³-hybridized carbons (Fsp3) is 0.111. The summed E-state index contributed by atoms with van der Waals surface area (Å²) >= 11 is 1.64. The van der Waals surface area contributed by atoms with Crippen LogP contribution in [0.2, 0.25) is 0 Å². The molecule has 0 aromatic heterocycles. The predicted octanol–water partition coefficient (Wildman–Crippen LogP) is 2.13. The average molecular weight is 180 g/mol. The molecule has 12 heavy (non-hydrogen) atoms. The first-order valence-electron chi connectivity index (χ1n) is 3.63. The van der Waals surface area contributed by atoms with Gasteiger partial charge in [-0.2, -0.15) is 0 Å². The second-order valence-electron chi connectivity index (χ2n) is 2.36. The van der Waals surface area contributed by atoms with Crippen molar-refractivity contribution in [3.63, 3.8) is 0 Å². The van der Waals surface area contributed by atoms with Crippen LogP contribution in [0, 0.1) is 0 Å². The molecule has 3 heteroatoms. The van der Waals surface area contributed by atoms with Gasteiger partial charge in [-0.3, -0.25) is 0 Å². The zero-order chi connectivity index (χ0) is 8.97. The third kappa shape index (κ3) is 1.95. The van der Waals surface area contributed by atoms with Gasteiger partial charge in [-0.05, 0) is 12.1 Å². The van der Waals surface area contributed by atoms with Gasteiger partial charge in [0.1, 0.15) is 0 Å². The van der Waals surface area contributed by atoms with Crippen LogP contribution in [-0.2, 0) is 0 Å². The highest BCUT2D eigenvalue weighted by atomic mass is 32.2. The first-order chi connectivity index (χ1) is 5.75. The molecule has 64 valence electrons. The number of benzene rings is 1. The van der Waals surface area contributed by atoms with Crippen LogP contribution >= 0.6 is 11.8 Å². The number of nitrogen functional groups attached to an aromatic ring is 2. The van der Waals surface area contributed by atoms with Gasteiger partial charge < -0.3 is 11.5 Å². The van der Waals surface area contributed by atoms with Gasteiger partial charge in [0.2, 0.25) is 0 Å². The standard InChI is InChI=1S/C9H12N2S/c1-2-6-12-8-5-3-4-7(10)9(8)11/h2-5H,1,6,10-11H2. The number of anilines is 2. The molecule has 4 N–H and O–H groups in total. The molecule has 1 aromatic carbocycles. The Labute approximate surface area is 76.6 Å². The van der Waals surface area contributed by atoms with Gasteiger partial charge in [0.05, 0.1) is 11.4 Å². The van der Waals surface area contributed by atoms with Crippen molar-refractivity contribution >= 4 is 23.1 Å². The topological polar surface area (TPSA) is 52.0 Å². The van der Waals surface area contributed by atoms with E-state index in [1.807, 2.05) is 18.2 Å². The Morgan fingerprint density at radius 3 is 2.83 bits per heavy atom. The highest BCUT2D eigenvalue weighted by Crippen LogP contribution is 2.28. The van der Waals surface area contributed by atoms with Crippen LogP contribution in [0.5, 0.6) is 0 Å². The fourth-order valence-corrected chi connectivity index (χ4v) is 1.58. The van der Waals surface area contributed by atoms with E-state index in [0.717, 1.165) is 10.6 Å². The average Bonchev–Trinajstić information content (AvgIpc) is 2.08. The van der Waals surface area contributed by atoms with Crippen LogP contribution in [-0.4, -0.2) is 5.75 Å². The summed E-state index contributed by atoms with van der Waals surface area (Å²) in [5.74, 6) is 0.855. The van der Waals surface area contributed by atoms with E-state index in [-0.39, 0.29) is 0 Å². The lowest BCUT2D eigenvalue weighted by Gasteiger charge is -2.05. The molecule has 0 atom stereocenters. The summed E-state index contributed by atoms with van der Waals surface area (Å²) in [6, 6.07) is 5.66. The molecule has 0 heterocycles. The van der Waals surface area contributed by atoms with Gasteiger partial charge in [0.15, 0.2) is 0 Å². The molecule has 1 aromatic rings. The molecule has 0 saturated heterocycles. The Kier molecular flexibility index (Phi) is 3.05. The van der Waals surface area contributed by atoms with E-state index in [2.05, 4.69) is 6.58 Å². The first-order valence-corrected chi connectivity index (χ1v) is 4.62. The van der Waals surface area contributed by atoms with Gasteiger partial charge in [0, 0.05) is 10.6 Å². The van der Waals surface area contributed by atoms with Crippen molar-refractivity contribution < 1.29 is 0 Å². The van der Waals surface area contributed by atoms with E-state index in [1.165, 1.54) is 0 Å². The molecule has 0 aliphatic heterocycles. The van der Waals surface area contributed by atoms with Crippen LogP contribution in [0.1, 0.15) is 0 Å². The highest BCUT2D eigenvalue weighted by Gasteiger charge is 2.00. The number of nitrogens with two attached hydrogens (primary N) is 2. The molecule has 0 spiro atoms. The van der Waals surface area contributed by atoms with E-state index in [1.54, 1.807) is 17.8 Å². The van der Waals surface area contributed by atoms with Gasteiger partial charge in [-0.15, -0.1) is 18.3 Å². The summed E-state index contributed by atoms with van der Waals surface area (Å²) in [7, 11) is 0. The van der Waals surface area contributed by atoms with Crippen molar-refractivity contribution in [1.29, 1.82) is 0 Å².